The van der Waals surface area contributed by atoms with E-state index < -0.39 is 7.26 Å². The average Bonchev–Trinajstić information content (AvgIpc) is 2.80. The van der Waals surface area contributed by atoms with E-state index in [1.54, 1.807) is 0 Å². The van der Waals surface area contributed by atoms with Crippen molar-refractivity contribution in [2.45, 2.75) is 4.90 Å². The van der Waals surface area contributed by atoms with Crippen LogP contribution >= 0.6 is 7.26 Å². The van der Waals surface area contributed by atoms with Crippen molar-refractivity contribution in [2.24, 2.45) is 0 Å². The van der Waals surface area contributed by atoms with Gasteiger partial charge in [0.05, 0.1) is 27.7 Å². The molecule has 138 valence electrons. The minimum absolute atomic E-state index is 0.0201. The molecule has 0 aliphatic carbocycles. The van der Waals surface area contributed by atoms with E-state index in [9.17, 15) is 0 Å². The fraction of sp³-hybridized carbons (Fsp3) is 0.0385. The third-order valence-electron chi connectivity index (χ3n) is 4.92. The smallest absolute Gasteiger partial charge is 0.0925 e. The number of hydrogen-bond acceptors (Lipinski definition) is 0. The van der Waals surface area contributed by atoms with Crippen molar-refractivity contribution in [3.63, 3.8) is 0 Å². The summed E-state index contributed by atoms with van der Waals surface area (Å²) in [6.45, 7) is 0. The minimum Gasteiger partial charge on any atom is -0.0925 e. The normalized spacial score (nSPS) is 12.5. The maximum absolute atomic E-state index is 2.64. The molecule has 0 heterocycles. The third kappa shape index (κ3) is 3.78. The Hall–Kier alpha value is -2.34. The summed E-state index contributed by atoms with van der Waals surface area (Å²) in [5, 5.41) is 4.22. The molecule has 4 aromatic carbocycles. The van der Waals surface area contributed by atoms with Gasteiger partial charge in [-0.05, 0) is 48.5 Å². The van der Waals surface area contributed by atoms with Gasteiger partial charge in [-0.25, -0.2) is 0 Å². The maximum atomic E-state index is 2.64. The zero-order valence-corrected chi connectivity index (χ0v) is 17.7. The molecule has 28 heavy (non-hydrogen) atoms. The van der Waals surface area contributed by atoms with Crippen LogP contribution in [-0.4, -0.2) is 6.26 Å². The highest BCUT2D eigenvalue weighted by molar-refractivity contribution is 8.14. The fourth-order valence-corrected chi connectivity index (χ4v) is 10.8. The lowest BCUT2D eigenvalue weighted by atomic mass is 10.4. The lowest BCUT2D eigenvalue weighted by Gasteiger charge is -2.33. The van der Waals surface area contributed by atoms with E-state index in [0.717, 1.165) is 0 Å². The number of hydrogen-bond donors (Lipinski definition) is 0. The second-order valence-electron chi connectivity index (χ2n) is 6.71. The molecule has 4 aromatic rings. The largest absolute Gasteiger partial charge is 0.127 e. The van der Waals surface area contributed by atoms with E-state index in [0.29, 0.717) is 0 Å². The topological polar surface area (TPSA) is 0 Å². The van der Waals surface area contributed by atoms with Gasteiger partial charge in [-0.15, -0.1) is 0 Å². The molecule has 0 saturated heterocycles. The van der Waals surface area contributed by atoms with Crippen molar-refractivity contribution in [2.75, 3.05) is 6.26 Å². The first-order chi connectivity index (χ1) is 13.8. The Morgan fingerprint density at radius 3 is 1.18 bits per heavy atom. The summed E-state index contributed by atoms with van der Waals surface area (Å²) in [7, 11) is -1.87. The molecule has 1 unspecified atom stereocenters. The molecule has 0 spiro atoms. The summed E-state index contributed by atoms with van der Waals surface area (Å²) in [6, 6.07) is 44.0. The van der Waals surface area contributed by atoms with E-state index >= 15 is 0 Å². The summed E-state index contributed by atoms with van der Waals surface area (Å²) in [5.41, 5.74) is 2.64. The van der Waals surface area contributed by atoms with Crippen LogP contribution in [0.1, 0.15) is 0 Å². The Bertz CT molecular complexity index is 889. The molecule has 0 radical (unpaired) electrons. The van der Waals surface area contributed by atoms with Crippen LogP contribution in [0.15, 0.2) is 126 Å². The van der Waals surface area contributed by atoms with Crippen LogP contribution in [0.25, 0.3) is 0 Å². The first-order valence-corrected chi connectivity index (χ1v) is 13.0. The van der Waals surface area contributed by atoms with Gasteiger partial charge in [0.15, 0.2) is 0 Å². The van der Waals surface area contributed by atoms with Crippen molar-refractivity contribution in [3.8, 4) is 0 Å². The third-order valence-corrected chi connectivity index (χ3v) is 11.8. The highest BCUT2D eigenvalue weighted by atomic mass is 32.2. The van der Waals surface area contributed by atoms with Gasteiger partial charge >= 0.3 is 0 Å². The Labute approximate surface area is 172 Å². The van der Waals surface area contributed by atoms with Crippen molar-refractivity contribution < 1.29 is 0 Å². The second-order valence-corrected chi connectivity index (χ2v) is 12.1. The van der Waals surface area contributed by atoms with Gasteiger partial charge in [-0.3, -0.25) is 0 Å². The zero-order valence-electron chi connectivity index (χ0n) is 16.0. The summed E-state index contributed by atoms with van der Waals surface area (Å²) in [5.74, 6) is 0. The first-order valence-electron chi connectivity index (χ1n) is 9.42. The first kappa shape index (κ1) is 19.0. The molecule has 0 fully saturated rings. The van der Waals surface area contributed by atoms with Gasteiger partial charge in [0.1, 0.15) is 4.90 Å². The van der Waals surface area contributed by atoms with Crippen LogP contribution in [0.4, 0.5) is 0 Å². The quantitative estimate of drug-likeness (QED) is 0.231. The molecule has 0 nitrogen and oxygen atoms in total. The molecular formula is C26H24PS+. The predicted molar refractivity (Wildman–Crippen MR) is 127 cm³/mol. The van der Waals surface area contributed by atoms with Crippen molar-refractivity contribution in [1.82, 2.24) is 0 Å². The Balaban J connectivity index is 1.93. The Morgan fingerprint density at radius 2 is 0.821 bits per heavy atom. The molecule has 0 amide bonds. The summed E-state index contributed by atoms with van der Waals surface area (Å²) in [4.78, 5) is 1.38. The molecule has 0 saturated carbocycles. The lowest BCUT2D eigenvalue weighted by molar-refractivity contribution is 1.45. The highest BCUT2D eigenvalue weighted by Gasteiger charge is 2.42. The van der Waals surface area contributed by atoms with Crippen molar-refractivity contribution in [3.05, 3.63) is 127 Å². The van der Waals surface area contributed by atoms with E-state index in [-0.39, 0.29) is 10.9 Å². The van der Waals surface area contributed by atoms with Crippen molar-refractivity contribution >= 4 is 34.1 Å². The van der Waals surface area contributed by atoms with Gasteiger partial charge in [0.25, 0.3) is 0 Å². The Kier molecular flexibility index (Phi) is 5.95. The SMILES string of the molecule is C[S+]([CH-][P+](c1ccccc1)(c1ccccc1)c1ccccc1)c1ccccc1. The van der Waals surface area contributed by atoms with Crippen LogP contribution in [0.3, 0.4) is 0 Å². The molecule has 0 N–H and O–H groups in total. The fourth-order valence-electron chi connectivity index (χ4n) is 3.55. The van der Waals surface area contributed by atoms with Gasteiger partial charge < -0.3 is 0 Å². The van der Waals surface area contributed by atoms with Gasteiger partial charge in [0.2, 0.25) is 0 Å². The second kappa shape index (κ2) is 8.78. The molecule has 0 aromatic heterocycles. The van der Waals surface area contributed by atoms with E-state index in [2.05, 4.69) is 133 Å². The summed E-state index contributed by atoms with van der Waals surface area (Å²) >= 11 is 0. The Morgan fingerprint density at radius 1 is 0.500 bits per heavy atom. The van der Waals surface area contributed by atoms with Gasteiger partial charge in [-0.2, -0.15) is 0 Å². The van der Waals surface area contributed by atoms with Crippen LogP contribution in [0.5, 0.6) is 0 Å². The monoisotopic (exact) mass is 399 g/mol. The van der Waals surface area contributed by atoms with Gasteiger partial charge in [0, 0.05) is 7.26 Å². The molecule has 0 bridgehead atoms. The van der Waals surface area contributed by atoms with E-state index in [4.69, 9.17) is 0 Å². The van der Waals surface area contributed by atoms with Gasteiger partial charge in [-0.1, -0.05) is 83.7 Å². The highest BCUT2D eigenvalue weighted by Crippen LogP contribution is 2.60. The van der Waals surface area contributed by atoms with Crippen LogP contribution in [-0.2, 0) is 10.9 Å². The lowest BCUT2D eigenvalue weighted by Crippen LogP contribution is -2.33. The maximum Gasteiger partial charge on any atom is 0.127 e. The van der Waals surface area contributed by atoms with Crippen LogP contribution in [0.2, 0.25) is 0 Å². The molecule has 1 atom stereocenters. The summed E-state index contributed by atoms with van der Waals surface area (Å²) < 4.78 is 0. The number of benzene rings is 4. The molecule has 2 heteroatoms. The molecular weight excluding hydrogens is 375 g/mol. The molecule has 0 aliphatic rings. The summed E-state index contributed by atoms with van der Waals surface area (Å²) in [6.07, 6.45) is 2.35. The number of rotatable bonds is 6. The van der Waals surface area contributed by atoms with Crippen LogP contribution < -0.4 is 15.9 Å². The van der Waals surface area contributed by atoms with E-state index in [1.165, 1.54) is 20.8 Å². The standard InChI is InChI=1S/C26H24PS/c1-28(26-20-12-5-13-21-26)22-27(23-14-6-2-7-15-23,24-16-8-3-9-17-24)25-18-10-4-11-19-25/h2-22H,1H3/q+1. The molecule has 4 rings (SSSR count). The van der Waals surface area contributed by atoms with Crippen molar-refractivity contribution in [1.29, 1.82) is 0 Å². The predicted octanol–water partition coefficient (Wildman–Crippen LogP) is 5.41. The van der Waals surface area contributed by atoms with E-state index in [1.807, 2.05) is 0 Å². The van der Waals surface area contributed by atoms with Crippen LogP contribution in [0, 0.1) is 5.49 Å². The zero-order chi connectivity index (χ0) is 19.2. The molecule has 0 aliphatic heterocycles. The minimum atomic E-state index is -1.89. The average molecular weight is 400 g/mol.